The number of carbonyl (C=O) groups is 2. The van der Waals surface area contributed by atoms with E-state index in [0.29, 0.717) is 39.8 Å². The molecular weight excluding hydrogens is 392 g/mol. The number of ether oxygens (including phenoxy) is 1. The molecule has 3 aromatic rings. The average molecular weight is 421 g/mol. The molecule has 1 N–H and O–H groups in total. The molecule has 3 unspecified atom stereocenters. The van der Waals surface area contributed by atoms with Crippen molar-refractivity contribution in [2.45, 2.75) is 46.1 Å². The van der Waals surface area contributed by atoms with E-state index in [9.17, 15) is 9.59 Å². The summed E-state index contributed by atoms with van der Waals surface area (Å²) in [5.74, 6) is 1.51. The largest absolute Gasteiger partial charge is 0.460 e. The highest BCUT2D eigenvalue weighted by molar-refractivity contribution is 6.05. The third kappa shape index (κ3) is 4.63. The van der Waals surface area contributed by atoms with Gasteiger partial charge in [0, 0.05) is 11.4 Å². The molecule has 2 aromatic heterocycles. The molecule has 1 fully saturated rings. The Balaban J connectivity index is 1.50. The Morgan fingerprint density at radius 2 is 1.97 bits per heavy atom. The molecule has 162 valence electrons. The first-order chi connectivity index (χ1) is 14.9. The molecular formula is C25H28N2O4. The fourth-order valence-electron chi connectivity index (χ4n) is 4.29. The van der Waals surface area contributed by atoms with E-state index in [1.54, 1.807) is 6.07 Å². The van der Waals surface area contributed by atoms with Crippen molar-refractivity contribution >= 4 is 22.8 Å². The number of furan rings is 1. The van der Waals surface area contributed by atoms with Gasteiger partial charge in [0.15, 0.2) is 12.4 Å². The second-order valence-electron chi connectivity index (χ2n) is 8.50. The number of fused-ring (bicyclic) bond motifs is 1. The van der Waals surface area contributed by atoms with E-state index in [0.717, 1.165) is 18.6 Å². The molecule has 0 aliphatic heterocycles. The number of hydrogen-bond donors (Lipinski definition) is 1. The lowest BCUT2D eigenvalue weighted by atomic mass is 9.78. The number of benzene rings is 1. The number of nitrogens with one attached hydrogen (secondary N) is 1. The number of aryl methyl sites for hydroxylation is 1. The van der Waals surface area contributed by atoms with Crippen molar-refractivity contribution in [1.29, 1.82) is 0 Å². The van der Waals surface area contributed by atoms with Crippen LogP contribution in [0.25, 0.3) is 22.4 Å². The van der Waals surface area contributed by atoms with Crippen molar-refractivity contribution in [2.75, 3.05) is 6.61 Å². The summed E-state index contributed by atoms with van der Waals surface area (Å²) in [5, 5.41) is 3.72. The van der Waals surface area contributed by atoms with E-state index in [1.807, 2.05) is 43.3 Å². The lowest BCUT2D eigenvalue weighted by Gasteiger charge is -2.34. The van der Waals surface area contributed by atoms with Crippen molar-refractivity contribution in [3.05, 3.63) is 53.8 Å². The number of carbonyl (C=O) groups excluding carboxylic acids is 2. The summed E-state index contributed by atoms with van der Waals surface area (Å²) in [6.07, 6.45) is 3.26. The summed E-state index contributed by atoms with van der Waals surface area (Å²) >= 11 is 0. The summed E-state index contributed by atoms with van der Waals surface area (Å²) in [6.45, 7) is 5.94. The quantitative estimate of drug-likeness (QED) is 0.594. The van der Waals surface area contributed by atoms with Crippen LogP contribution in [-0.2, 0) is 9.53 Å². The summed E-state index contributed by atoms with van der Waals surface area (Å²) in [7, 11) is 0. The van der Waals surface area contributed by atoms with Crippen molar-refractivity contribution in [2.24, 2.45) is 11.8 Å². The second-order valence-corrected chi connectivity index (χ2v) is 8.50. The first-order valence-electron chi connectivity index (χ1n) is 10.9. The van der Waals surface area contributed by atoms with Crippen molar-refractivity contribution < 1.29 is 18.7 Å². The molecule has 0 bridgehead atoms. The number of aromatic nitrogens is 1. The van der Waals surface area contributed by atoms with Crippen LogP contribution in [0.4, 0.5) is 0 Å². The molecule has 3 atom stereocenters. The molecule has 6 heteroatoms. The zero-order valence-corrected chi connectivity index (χ0v) is 18.2. The maximum atomic E-state index is 12.9. The van der Waals surface area contributed by atoms with Gasteiger partial charge >= 0.3 is 5.97 Å². The fraction of sp³-hybridized carbons (Fsp3) is 0.400. The molecule has 6 nitrogen and oxygen atoms in total. The molecule has 0 spiro atoms. The first-order valence-corrected chi connectivity index (χ1v) is 10.9. The number of rotatable bonds is 5. The number of esters is 1. The average Bonchev–Trinajstić information content (AvgIpc) is 3.21. The van der Waals surface area contributed by atoms with E-state index in [4.69, 9.17) is 9.15 Å². The smallest absolute Gasteiger partial charge is 0.339 e. The maximum Gasteiger partial charge on any atom is 0.339 e. The first kappa shape index (κ1) is 21.1. The van der Waals surface area contributed by atoms with Crippen LogP contribution in [0.1, 0.15) is 49.2 Å². The third-order valence-electron chi connectivity index (χ3n) is 6.32. The van der Waals surface area contributed by atoms with E-state index >= 15 is 0 Å². The number of hydrogen-bond acceptors (Lipinski definition) is 5. The molecule has 1 amide bonds. The molecule has 1 saturated carbocycles. The number of para-hydroxylation sites is 1. The maximum absolute atomic E-state index is 12.9. The third-order valence-corrected chi connectivity index (χ3v) is 6.32. The Hall–Kier alpha value is -3.15. The summed E-state index contributed by atoms with van der Waals surface area (Å²) in [4.78, 5) is 29.9. The van der Waals surface area contributed by atoms with Crippen molar-refractivity contribution in [3.63, 3.8) is 0 Å². The van der Waals surface area contributed by atoms with Crippen molar-refractivity contribution in [3.8, 4) is 11.5 Å². The molecule has 0 radical (unpaired) electrons. The molecule has 2 heterocycles. The van der Waals surface area contributed by atoms with Crippen LogP contribution in [0, 0.1) is 18.8 Å². The molecule has 4 rings (SSSR count). The van der Waals surface area contributed by atoms with Crippen LogP contribution in [0.15, 0.2) is 46.9 Å². The SMILES string of the molecule is Cc1ccc(-c2cc(C(=O)OCC(=O)NC3CCCC(C)C3C)c3ccccc3n2)o1. The Bertz CT molecular complexity index is 1100. The summed E-state index contributed by atoms with van der Waals surface area (Å²) < 4.78 is 11.1. The van der Waals surface area contributed by atoms with E-state index in [-0.39, 0.29) is 18.6 Å². The van der Waals surface area contributed by atoms with E-state index in [1.165, 1.54) is 6.42 Å². The molecule has 1 aliphatic rings. The van der Waals surface area contributed by atoms with Crippen LogP contribution in [0.3, 0.4) is 0 Å². The van der Waals surface area contributed by atoms with Crippen molar-refractivity contribution in [1.82, 2.24) is 10.3 Å². The highest BCUT2D eigenvalue weighted by Gasteiger charge is 2.28. The predicted molar refractivity (Wildman–Crippen MR) is 119 cm³/mol. The molecule has 1 aromatic carbocycles. The van der Waals surface area contributed by atoms with Gasteiger partial charge in [-0.25, -0.2) is 9.78 Å². The Morgan fingerprint density at radius 1 is 1.16 bits per heavy atom. The van der Waals surface area contributed by atoms with Crippen LogP contribution in [0.5, 0.6) is 0 Å². The van der Waals surface area contributed by atoms with Gasteiger partial charge in [0.25, 0.3) is 5.91 Å². The van der Waals surface area contributed by atoms with E-state index in [2.05, 4.69) is 24.1 Å². The van der Waals surface area contributed by atoms with Crippen LogP contribution >= 0.6 is 0 Å². The second kappa shape index (κ2) is 8.92. The van der Waals surface area contributed by atoms with Gasteiger partial charge in [-0.3, -0.25) is 4.79 Å². The zero-order valence-electron chi connectivity index (χ0n) is 18.2. The van der Waals surface area contributed by atoms with Gasteiger partial charge in [-0.15, -0.1) is 0 Å². The Labute approximate surface area is 182 Å². The minimum atomic E-state index is -0.552. The normalized spacial score (nSPS) is 21.1. The van der Waals surface area contributed by atoms with Crippen LogP contribution in [0.2, 0.25) is 0 Å². The topological polar surface area (TPSA) is 81.4 Å². The fourth-order valence-corrected chi connectivity index (χ4v) is 4.29. The monoisotopic (exact) mass is 420 g/mol. The minimum Gasteiger partial charge on any atom is -0.460 e. The predicted octanol–water partition coefficient (Wildman–Crippen LogP) is 4.90. The van der Waals surface area contributed by atoms with Gasteiger partial charge in [-0.1, -0.05) is 44.9 Å². The summed E-state index contributed by atoms with van der Waals surface area (Å²) in [6, 6.07) is 12.8. The lowest BCUT2D eigenvalue weighted by molar-refractivity contribution is -0.125. The lowest BCUT2D eigenvalue weighted by Crippen LogP contribution is -2.45. The highest BCUT2D eigenvalue weighted by atomic mass is 16.5. The van der Waals surface area contributed by atoms with Gasteiger partial charge in [0.05, 0.1) is 11.1 Å². The number of amides is 1. The standard InChI is InChI=1S/C25H28N2O4/c1-15-7-6-10-20(17(15)3)27-24(28)14-30-25(29)19-13-22(23-12-11-16(2)31-23)26-21-9-5-4-8-18(19)21/h4-5,8-9,11-13,15,17,20H,6-7,10,14H2,1-3H3,(H,27,28). The number of pyridine rings is 1. The number of nitrogens with zero attached hydrogens (tertiary/aromatic N) is 1. The molecule has 1 aliphatic carbocycles. The van der Waals surface area contributed by atoms with Crippen LogP contribution < -0.4 is 5.32 Å². The zero-order chi connectivity index (χ0) is 22.0. The molecule has 0 saturated heterocycles. The van der Waals surface area contributed by atoms with Gasteiger partial charge in [0.2, 0.25) is 0 Å². The Kier molecular flexibility index (Phi) is 6.07. The molecule has 31 heavy (non-hydrogen) atoms. The van der Waals surface area contributed by atoms with Crippen LogP contribution in [-0.4, -0.2) is 29.5 Å². The van der Waals surface area contributed by atoms with Gasteiger partial charge in [-0.2, -0.15) is 0 Å². The van der Waals surface area contributed by atoms with Gasteiger partial charge in [0.1, 0.15) is 11.5 Å². The highest BCUT2D eigenvalue weighted by Crippen LogP contribution is 2.29. The van der Waals surface area contributed by atoms with Gasteiger partial charge < -0.3 is 14.5 Å². The minimum absolute atomic E-state index is 0.130. The van der Waals surface area contributed by atoms with E-state index < -0.39 is 5.97 Å². The van der Waals surface area contributed by atoms with Gasteiger partial charge in [-0.05, 0) is 49.4 Å². The summed E-state index contributed by atoms with van der Waals surface area (Å²) in [5.41, 5.74) is 1.57. The Morgan fingerprint density at radius 3 is 2.74 bits per heavy atom.